The molecule has 6 nitrogen and oxygen atoms in total. The number of carboxylic acid groups (broad SMARTS) is 1. The summed E-state index contributed by atoms with van der Waals surface area (Å²) in [6.45, 7) is 5.40. The predicted octanol–water partition coefficient (Wildman–Crippen LogP) is 2.93. The first kappa shape index (κ1) is 20.5. The molecule has 0 saturated carbocycles. The van der Waals surface area contributed by atoms with Gasteiger partial charge < -0.3 is 20.3 Å². The van der Waals surface area contributed by atoms with Crippen LogP contribution in [0.15, 0.2) is 54.6 Å². The molecular formula is C21H25NO5. The zero-order valence-corrected chi connectivity index (χ0v) is 15.8. The van der Waals surface area contributed by atoms with Crippen LogP contribution in [-0.4, -0.2) is 28.2 Å². The third kappa shape index (κ3) is 5.82. The summed E-state index contributed by atoms with van der Waals surface area (Å²) in [6, 6.07) is 16.5. The summed E-state index contributed by atoms with van der Waals surface area (Å²) < 4.78 is 10.9. The van der Waals surface area contributed by atoms with E-state index >= 15 is 0 Å². The number of hydrogen-bond acceptors (Lipinski definition) is 5. The first-order chi connectivity index (χ1) is 12.6. The van der Waals surface area contributed by atoms with Crippen LogP contribution in [-0.2, 0) is 27.4 Å². The van der Waals surface area contributed by atoms with Crippen molar-refractivity contribution < 1.29 is 24.2 Å². The van der Waals surface area contributed by atoms with Gasteiger partial charge in [-0.15, -0.1) is 0 Å². The number of benzene rings is 2. The normalized spacial score (nSPS) is 13.5. The monoisotopic (exact) mass is 371 g/mol. The smallest absolute Gasteiger partial charge is 0.338 e. The molecule has 0 aliphatic rings. The molecule has 0 radical (unpaired) electrons. The molecule has 2 aromatic carbocycles. The van der Waals surface area contributed by atoms with E-state index in [2.05, 4.69) is 0 Å². The molecular weight excluding hydrogens is 346 g/mol. The number of carbonyl (C=O) groups excluding carboxylic acids is 1. The van der Waals surface area contributed by atoms with Crippen molar-refractivity contribution in [2.75, 3.05) is 0 Å². The van der Waals surface area contributed by atoms with Crippen molar-refractivity contribution in [2.45, 2.75) is 44.9 Å². The van der Waals surface area contributed by atoms with Crippen LogP contribution in [0, 0.1) is 0 Å². The van der Waals surface area contributed by atoms with E-state index in [0.717, 1.165) is 5.56 Å². The van der Waals surface area contributed by atoms with Gasteiger partial charge in [0.25, 0.3) is 0 Å². The summed E-state index contributed by atoms with van der Waals surface area (Å²) in [5.74, 6) is -1.76. The maximum Gasteiger partial charge on any atom is 0.338 e. The number of hydrogen-bond donors (Lipinski definition) is 2. The topological polar surface area (TPSA) is 98.9 Å². The number of carbonyl (C=O) groups is 2. The lowest BCUT2D eigenvalue weighted by Gasteiger charge is -2.28. The SMILES string of the molecule is CC(C)(C)OC(=O)[C@](N)(Cc1ccc(OCc2ccccc2)cc1)C(=O)O. The Balaban J connectivity index is 2.06. The highest BCUT2D eigenvalue weighted by Crippen LogP contribution is 2.20. The third-order valence-corrected chi connectivity index (χ3v) is 3.80. The zero-order valence-electron chi connectivity index (χ0n) is 15.8. The molecule has 0 heterocycles. The van der Waals surface area contributed by atoms with E-state index in [9.17, 15) is 14.7 Å². The molecule has 0 bridgehead atoms. The van der Waals surface area contributed by atoms with E-state index in [-0.39, 0.29) is 6.42 Å². The van der Waals surface area contributed by atoms with Crippen LogP contribution in [0.25, 0.3) is 0 Å². The summed E-state index contributed by atoms with van der Waals surface area (Å²) in [5, 5.41) is 9.48. The quantitative estimate of drug-likeness (QED) is 0.573. The van der Waals surface area contributed by atoms with Gasteiger partial charge in [0.1, 0.15) is 18.0 Å². The summed E-state index contributed by atoms with van der Waals surface area (Å²) in [6.07, 6.45) is -0.184. The van der Waals surface area contributed by atoms with E-state index < -0.39 is 23.1 Å². The van der Waals surface area contributed by atoms with Crippen LogP contribution in [0.1, 0.15) is 31.9 Å². The van der Waals surface area contributed by atoms with Crippen LogP contribution in [0.5, 0.6) is 5.75 Å². The summed E-state index contributed by atoms with van der Waals surface area (Å²) in [7, 11) is 0. The van der Waals surface area contributed by atoms with E-state index in [1.165, 1.54) is 0 Å². The minimum absolute atomic E-state index is 0.184. The molecule has 0 saturated heterocycles. The Morgan fingerprint density at radius 1 is 0.963 bits per heavy atom. The Kier molecular flexibility index (Phi) is 6.23. The Morgan fingerprint density at radius 2 is 1.56 bits per heavy atom. The molecule has 3 N–H and O–H groups in total. The maximum absolute atomic E-state index is 12.3. The van der Waals surface area contributed by atoms with E-state index in [4.69, 9.17) is 15.2 Å². The van der Waals surface area contributed by atoms with Gasteiger partial charge in [0.15, 0.2) is 0 Å². The molecule has 27 heavy (non-hydrogen) atoms. The summed E-state index contributed by atoms with van der Waals surface area (Å²) in [5.41, 5.74) is 4.55. The molecule has 144 valence electrons. The van der Waals surface area contributed by atoms with E-state index in [1.54, 1.807) is 45.0 Å². The van der Waals surface area contributed by atoms with Crippen molar-refractivity contribution in [3.63, 3.8) is 0 Å². The van der Waals surface area contributed by atoms with Crippen molar-refractivity contribution >= 4 is 11.9 Å². The maximum atomic E-state index is 12.3. The third-order valence-electron chi connectivity index (χ3n) is 3.80. The zero-order chi connectivity index (χ0) is 20.1. The average molecular weight is 371 g/mol. The summed E-state index contributed by atoms with van der Waals surface area (Å²) in [4.78, 5) is 23.9. The lowest BCUT2D eigenvalue weighted by atomic mass is 9.91. The van der Waals surface area contributed by atoms with Gasteiger partial charge in [-0.05, 0) is 44.0 Å². The number of rotatable bonds is 7. The lowest BCUT2D eigenvalue weighted by Crippen LogP contribution is -2.58. The minimum Gasteiger partial charge on any atom is -0.489 e. The molecule has 1 atom stereocenters. The summed E-state index contributed by atoms with van der Waals surface area (Å²) >= 11 is 0. The fourth-order valence-electron chi connectivity index (χ4n) is 2.37. The molecule has 0 spiro atoms. The Bertz CT molecular complexity index is 780. The van der Waals surface area contributed by atoms with Crippen molar-refractivity contribution in [1.82, 2.24) is 0 Å². The molecule has 2 aromatic rings. The predicted molar refractivity (Wildman–Crippen MR) is 101 cm³/mol. The standard InChI is InChI=1S/C21H25NO5/c1-20(2,3)27-19(25)21(22,18(23)24)13-15-9-11-17(12-10-15)26-14-16-7-5-4-6-8-16/h4-12H,13-14,22H2,1-3H3,(H,23,24)/t21-/m0/s1. The Labute approximate surface area is 158 Å². The number of nitrogens with two attached hydrogens (primary N) is 1. The first-order valence-corrected chi connectivity index (χ1v) is 8.61. The highest BCUT2D eigenvalue weighted by molar-refractivity contribution is 6.04. The molecule has 0 fully saturated rings. The average Bonchev–Trinajstić information content (AvgIpc) is 2.60. The van der Waals surface area contributed by atoms with Crippen LogP contribution in [0.2, 0.25) is 0 Å². The fraction of sp³-hybridized carbons (Fsp3) is 0.333. The van der Waals surface area contributed by atoms with Crippen molar-refractivity contribution in [1.29, 1.82) is 0 Å². The highest BCUT2D eigenvalue weighted by atomic mass is 16.6. The van der Waals surface area contributed by atoms with E-state index in [1.807, 2.05) is 30.3 Å². The molecule has 2 rings (SSSR count). The van der Waals surface area contributed by atoms with Crippen LogP contribution in [0.3, 0.4) is 0 Å². The van der Waals surface area contributed by atoms with Crippen molar-refractivity contribution in [3.05, 3.63) is 65.7 Å². The molecule has 6 heteroatoms. The van der Waals surface area contributed by atoms with Gasteiger partial charge in [0, 0.05) is 6.42 Å². The lowest BCUT2D eigenvalue weighted by molar-refractivity contribution is -0.169. The molecule has 0 unspecified atom stereocenters. The van der Waals surface area contributed by atoms with E-state index in [0.29, 0.717) is 17.9 Å². The first-order valence-electron chi connectivity index (χ1n) is 8.61. The highest BCUT2D eigenvalue weighted by Gasteiger charge is 2.45. The van der Waals surface area contributed by atoms with Crippen LogP contribution >= 0.6 is 0 Å². The molecule has 0 aromatic heterocycles. The fourth-order valence-corrected chi connectivity index (χ4v) is 2.37. The number of esters is 1. The van der Waals surface area contributed by atoms with Gasteiger partial charge in [0.05, 0.1) is 0 Å². The van der Waals surface area contributed by atoms with Gasteiger partial charge >= 0.3 is 11.9 Å². The minimum atomic E-state index is -2.15. The second-order valence-electron chi connectivity index (χ2n) is 7.37. The Hall–Kier alpha value is -2.86. The second-order valence-corrected chi connectivity index (χ2v) is 7.37. The van der Waals surface area contributed by atoms with Gasteiger partial charge in [-0.1, -0.05) is 42.5 Å². The molecule has 0 aliphatic heterocycles. The second kappa shape index (κ2) is 8.22. The van der Waals surface area contributed by atoms with Gasteiger partial charge in [-0.2, -0.15) is 0 Å². The Morgan fingerprint density at radius 3 is 2.07 bits per heavy atom. The van der Waals surface area contributed by atoms with Gasteiger partial charge in [-0.3, -0.25) is 0 Å². The van der Waals surface area contributed by atoms with Gasteiger partial charge in [-0.25, -0.2) is 9.59 Å². The molecule has 0 aliphatic carbocycles. The largest absolute Gasteiger partial charge is 0.489 e. The van der Waals surface area contributed by atoms with Gasteiger partial charge in [0.2, 0.25) is 5.54 Å². The molecule has 0 amide bonds. The number of ether oxygens (including phenoxy) is 2. The number of aliphatic carboxylic acids is 1. The van der Waals surface area contributed by atoms with Crippen molar-refractivity contribution in [2.24, 2.45) is 5.73 Å². The van der Waals surface area contributed by atoms with Crippen LogP contribution in [0.4, 0.5) is 0 Å². The van der Waals surface area contributed by atoms with Crippen LogP contribution < -0.4 is 10.5 Å². The number of carboxylic acids is 1. The van der Waals surface area contributed by atoms with Crippen molar-refractivity contribution in [3.8, 4) is 5.75 Å².